The smallest absolute Gasteiger partial charge is 0.330 e. The van der Waals surface area contributed by atoms with Gasteiger partial charge in [0.2, 0.25) is 0 Å². The highest BCUT2D eigenvalue weighted by molar-refractivity contribution is 5.71. The van der Waals surface area contributed by atoms with E-state index in [1.807, 2.05) is 24.3 Å². The lowest BCUT2D eigenvalue weighted by atomic mass is 10.2. The highest BCUT2D eigenvalue weighted by Crippen LogP contribution is 2.25. The fourth-order valence-corrected chi connectivity index (χ4v) is 2.53. The first-order valence-corrected chi connectivity index (χ1v) is 6.87. The third-order valence-corrected chi connectivity index (χ3v) is 3.72. The molecule has 0 aliphatic carbocycles. The molecule has 3 aromatic rings. The Kier molecular flexibility index (Phi) is 3.58. The van der Waals surface area contributed by atoms with Crippen molar-refractivity contribution in [2.24, 2.45) is 7.05 Å². The zero-order chi connectivity index (χ0) is 15.7. The van der Waals surface area contributed by atoms with Crippen molar-refractivity contribution in [3.8, 4) is 11.5 Å². The molecule has 2 aromatic heterocycles. The Morgan fingerprint density at radius 2 is 2.00 bits per heavy atom. The lowest BCUT2D eigenvalue weighted by Crippen LogP contribution is -2.23. The van der Waals surface area contributed by atoms with E-state index in [2.05, 4.69) is 4.98 Å². The van der Waals surface area contributed by atoms with Gasteiger partial charge in [-0.15, -0.1) is 0 Å². The largest absolute Gasteiger partial charge is 0.497 e. The first kappa shape index (κ1) is 14.2. The van der Waals surface area contributed by atoms with E-state index in [1.165, 1.54) is 0 Å². The molecule has 0 bridgehead atoms. The fraction of sp³-hybridized carbons (Fsp3) is 0.250. The average Bonchev–Trinajstić information content (AvgIpc) is 2.80. The van der Waals surface area contributed by atoms with Gasteiger partial charge in [-0.1, -0.05) is 0 Å². The number of ether oxygens (including phenoxy) is 2. The highest BCUT2D eigenvalue weighted by Gasteiger charge is 2.14. The SMILES string of the molecule is COc1ccc(Cn2c(=O)n(C)c3cccnc32)c(OC)c1. The normalized spacial score (nSPS) is 10.9. The molecule has 0 aliphatic rings. The van der Waals surface area contributed by atoms with Crippen LogP contribution < -0.4 is 15.2 Å². The molecule has 2 heterocycles. The molecule has 22 heavy (non-hydrogen) atoms. The molecule has 6 nitrogen and oxygen atoms in total. The van der Waals surface area contributed by atoms with Gasteiger partial charge in [0.05, 0.1) is 26.3 Å². The molecule has 0 amide bonds. The first-order valence-electron chi connectivity index (χ1n) is 6.87. The van der Waals surface area contributed by atoms with Crippen molar-refractivity contribution in [3.05, 3.63) is 52.6 Å². The summed E-state index contributed by atoms with van der Waals surface area (Å²) in [6.45, 7) is 0.389. The lowest BCUT2D eigenvalue weighted by molar-refractivity contribution is 0.390. The number of hydrogen-bond acceptors (Lipinski definition) is 4. The van der Waals surface area contributed by atoms with Gasteiger partial charge in [-0.25, -0.2) is 9.78 Å². The van der Waals surface area contributed by atoms with Crippen molar-refractivity contribution in [1.82, 2.24) is 14.1 Å². The van der Waals surface area contributed by atoms with Crippen molar-refractivity contribution < 1.29 is 9.47 Å². The van der Waals surface area contributed by atoms with Gasteiger partial charge in [-0.3, -0.25) is 9.13 Å². The predicted molar refractivity (Wildman–Crippen MR) is 83.6 cm³/mol. The van der Waals surface area contributed by atoms with Crippen LogP contribution in [0.4, 0.5) is 0 Å². The molecule has 114 valence electrons. The summed E-state index contributed by atoms with van der Waals surface area (Å²) in [7, 11) is 4.95. The van der Waals surface area contributed by atoms with Crippen LogP contribution in [0, 0.1) is 0 Å². The van der Waals surface area contributed by atoms with Crippen LogP contribution in [0.3, 0.4) is 0 Å². The molecule has 0 radical (unpaired) electrons. The van der Waals surface area contributed by atoms with E-state index in [1.54, 1.807) is 42.7 Å². The maximum Gasteiger partial charge on any atom is 0.330 e. The molecule has 1 aromatic carbocycles. The van der Waals surface area contributed by atoms with Crippen molar-refractivity contribution >= 4 is 11.2 Å². The van der Waals surface area contributed by atoms with Crippen LogP contribution in [0.15, 0.2) is 41.3 Å². The van der Waals surface area contributed by atoms with Crippen molar-refractivity contribution in [3.63, 3.8) is 0 Å². The van der Waals surface area contributed by atoms with Gasteiger partial charge in [-0.2, -0.15) is 0 Å². The molecule has 0 fully saturated rings. The zero-order valence-electron chi connectivity index (χ0n) is 12.7. The van der Waals surface area contributed by atoms with Crippen LogP contribution >= 0.6 is 0 Å². The van der Waals surface area contributed by atoms with Gasteiger partial charge < -0.3 is 9.47 Å². The van der Waals surface area contributed by atoms with Crippen LogP contribution in [0.5, 0.6) is 11.5 Å². The molecule has 0 saturated heterocycles. The van der Waals surface area contributed by atoms with Gasteiger partial charge in [0.15, 0.2) is 5.65 Å². The molecular weight excluding hydrogens is 282 g/mol. The Balaban J connectivity index is 2.11. The Morgan fingerprint density at radius 3 is 2.73 bits per heavy atom. The third-order valence-electron chi connectivity index (χ3n) is 3.72. The summed E-state index contributed by atoms with van der Waals surface area (Å²) in [6.07, 6.45) is 1.68. The predicted octanol–water partition coefficient (Wildman–Crippen LogP) is 1.80. The summed E-state index contributed by atoms with van der Waals surface area (Å²) in [5.74, 6) is 1.39. The van der Waals surface area contributed by atoms with E-state index in [0.29, 0.717) is 23.7 Å². The molecule has 3 rings (SSSR count). The topological polar surface area (TPSA) is 58.3 Å². The third kappa shape index (κ3) is 2.22. The highest BCUT2D eigenvalue weighted by atomic mass is 16.5. The number of rotatable bonds is 4. The number of hydrogen-bond donors (Lipinski definition) is 0. The standard InChI is InChI=1S/C16H17N3O3/c1-18-13-5-4-8-17-15(13)19(16(18)20)10-11-6-7-12(21-2)9-14(11)22-3/h4-9H,10H2,1-3H3. The van der Waals surface area contributed by atoms with E-state index >= 15 is 0 Å². The van der Waals surface area contributed by atoms with Crippen molar-refractivity contribution in [2.45, 2.75) is 6.54 Å². The van der Waals surface area contributed by atoms with E-state index in [9.17, 15) is 4.79 Å². The number of benzene rings is 1. The summed E-state index contributed by atoms with van der Waals surface area (Å²) in [4.78, 5) is 16.8. The van der Waals surface area contributed by atoms with E-state index in [0.717, 1.165) is 11.1 Å². The van der Waals surface area contributed by atoms with Crippen molar-refractivity contribution in [1.29, 1.82) is 0 Å². The Bertz CT molecular complexity index is 880. The van der Waals surface area contributed by atoms with Gasteiger partial charge in [0.1, 0.15) is 11.5 Å². The number of aromatic nitrogens is 3. The zero-order valence-corrected chi connectivity index (χ0v) is 12.7. The van der Waals surface area contributed by atoms with Gasteiger partial charge in [-0.05, 0) is 24.3 Å². The number of fused-ring (bicyclic) bond motifs is 1. The maximum atomic E-state index is 12.4. The Hall–Kier alpha value is -2.76. The number of nitrogens with zero attached hydrogens (tertiary/aromatic N) is 3. The second kappa shape index (κ2) is 5.55. The molecule has 0 N–H and O–H groups in total. The summed E-state index contributed by atoms with van der Waals surface area (Å²) in [5.41, 5.74) is 2.25. The molecule has 0 unspecified atom stereocenters. The van der Waals surface area contributed by atoms with Gasteiger partial charge in [0.25, 0.3) is 0 Å². The monoisotopic (exact) mass is 299 g/mol. The van der Waals surface area contributed by atoms with Crippen LogP contribution in [0.1, 0.15) is 5.56 Å². The van der Waals surface area contributed by atoms with E-state index in [4.69, 9.17) is 9.47 Å². The van der Waals surface area contributed by atoms with Crippen LogP contribution in [0.2, 0.25) is 0 Å². The fourth-order valence-electron chi connectivity index (χ4n) is 2.53. The summed E-state index contributed by atoms with van der Waals surface area (Å²) in [5, 5.41) is 0. The minimum Gasteiger partial charge on any atom is -0.497 e. The molecule has 0 atom stereocenters. The maximum absolute atomic E-state index is 12.4. The summed E-state index contributed by atoms with van der Waals surface area (Å²) < 4.78 is 13.8. The molecule has 6 heteroatoms. The van der Waals surface area contributed by atoms with E-state index in [-0.39, 0.29) is 5.69 Å². The average molecular weight is 299 g/mol. The molecular formula is C16H17N3O3. The number of imidazole rings is 1. The van der Waals surface area contributed by atoms with Crippen LogP contribution in [0.25, 0.3) is 11.2 Å². The summed E-state index contributed by atoms with van der Waals surface area (Å²) >= 11 is 0. The lowest BCUT2D eigenvalue weighted by Gasteiger charge is -2.10. The second-order valence-electron chi connectivity index (χ2n) is 4.95. The second-order valence-corrected chi connectivity index (χ2v) is 4.95. The van der Waals surface area contributed by atoms with Crippen molar-refractivity contribution in [2.75, 3.05) is 14.2 Å². The van der Waals surface area contributed by atoms with Gasteiger partial charge >= 0.3 is 5.69 Å². The number of pyridine rings is 1. The Morgan fingerprint density at radius 1 is 1.18 bits per heavy atom. The first-order chi connectivity index (χ1) is 10.7. The quantitative estimate of drug-likeness (QED) is 0.737. The number of methoxy groups -OCH3 is 2. The molecule has 0 aliphatic heterocycles. The molecule has 0 saturated carbocycles. The van der Waals surface area contributed by atoms with Crippen LogP contribution in [-0.2, 0) is 13.6 Å². The van der Waals surface area contributed by atoms with Crippen LogP contribution in [-0.4, -0.2) is 28.3 Å². The van der Waals surface area contributed by atoms with Gasteiger partial charge in [0, 0.05) is 24.9 Å². The van der Waals surface area contributed by atoms with E-state index < -0.39 is 0 Å². The molecule has 0 spiro atoms. The Labute approximate surface area is 127 Å². The summed E-state index contributed by atoms with van der Waals surface area (Å²) in [6, 6.07) is 9.25. The minimum atomic E-state index is -0.105. The number of aryl methyl sites for hydroxylation is 1. The minimum absolute atomic E-state index is 0.105.